The third-order valence-electron chi connectivity index (χ3n) is 1.40. The van der Waals surface area contributed by atoms with Gasteiger partial charge in [-0.1, -0.05) is 7.43 Å². The predicted molar refractivity (Wildman–Crippen MR) is 46.0 cm³/mol. The molecule has 5 heteroatoms. The van der Waals surface area contributed by atoms with E-state index in [2.05, 4.69) is 0 Å². The first-order valence-electron chi connectivity index (χ1n) is 3.55. The maximum atomic E-state index is 10.3. The minimum Gasteiger partial charge on any atom is -0.480 e. The molecule has 0 spiro atoms. The van der Waals surface area contributed by atoms with Crippen molar-refractivity contribution >= 4 is 5.97 Å². The van der Waals surface area contributed by atoms with Gasteiger partial charge >= 0.3 is 5.97 Å². The predicted octanol–water partition coefficient (Wildman–Crippen LogP) is 0.184. The zero-order valence-electron chi connectivity index (χ0n) is 6.29. The topological polar surface area (TPSA) is 95.6 Å². The summed E-state index contributed by atoms with van der Waals surface area (Å²) in [6.45, 7) is 0.553. The van der Waals surface area contributed by atoms with Crippen LogP contribution in [0.4, 0.5) is 0 Å². The Balaban J connectivity index is 0. The molecular weight excluding hydrogens is 160 g/mol. The van der Waals surface area contributed by atoms with Crippen molar-refractivity contribution in [3.8, 4) is 0 Å². The van der Waals surface area contributed by atoms with Crippen LogP contribution in [-0.2, 0) is 4.79 Å². The van der Waals surface area contributed by atoms with Crippen LogP contribution in [0.25, 0.3) is 0 Å². The van der Waals surface area contributed by atoms with E-state index in [4.69, 9.17) is 16.0 Å². The normalized spacial score (nSPS) is 11.8. The van der Waals surface area contributed by atoms with Crippen LogP contribution in [0.15, 0.2) is 0 Å². The molecule has 0 aromatic heterocycles. The van der Waals surface area contributed by atoms with E-state index in [1.165, 1.54) is 0 Å². The van der Waals surface area contributed by atoms with E-state index in [9.17, 15) is 4.79 Å². The summed E-state index contributed by atoms with van der Waals surface area (Å²) in [6, 6.07) is -0.860. The molecule has 0 rings (SSSR count). The highest BCUT2D eigenvalue weighted by molar-refractivity contribution is 5.73. The van der Waals surface area contributed by atoms with Gasteiger partial charge in [0.15, 0.2) is 0 Å². The Bertz CT molecular complexity index is 119. The zero-order valence-corrected chi connectivity index (χ0v) is 6.29. The number of hydrogen-bond donors (Lipinski definition) is 4. The van der Waals surface area contributed by atoms with E-state index in [0.717, 1.165) is 6.42 Å². The van der Waals surface area contributed by atoms with Crippen LogP contribution in [0, 0.1) is 0 Å². The number of nitrogens with two attached hydrogens (primary N) is 1. The molecule has 1 unspecified atom stereocenters. The minimum absolute atomic E-state index is 0. The quantitative estimate of drug-likeness (QED) is 0.344. The van der Waals surface area contributed by atoms with E-state index in [1.807, 2.05) is 0 Å². The molecule has 0 fully saturated rings. The molecule has 0 heterocycles. The van der Waals surface area contributed by atoms with Gasteiger partial charge in [-0.2, -0.15) is 5.48 Å². The summed E-state index contributed by atoms with van der Waals surface area (Å²) in [7, 11) is 0. The minimum atomic E-state index is -1.04. The summed E-state index contributed by atoms with van der Waals surface area (Å²) in [5.74, 6) is -1.04. The Morgan fingerprint density at radius 3 is 2.42 bits per heavy atom. The van der Waals surface area contributed by atoms with Crippen LogP contribution >= 0.6 is 0 Å². The van der Waals surface area contributed by atoms with Crippen LogP contribution in [0.1, 0.15) is 26.7 Å². The summed E-state index contributed by atoms with van der Waals surface area (Å²) in [5, 5.41) is 16.8. The van der Waals surface area contributed by atoms with Crippen LogP contribution in [0.2, 0.25) is 0 Å². The third-order valence-corrected chi connectivity index (χ3v) is 1.40. The van der Waals surface area contributed by atoms with Crippen molar-refractivity contribution < 1.29 is 15.1 Å². The van der Waals surface area contributed by atoms with Gasteiger partial charge in [0.25, 0.3) is 0 Å². The van der Waals surface area contributed by atoms with Crippen LogP contribution < -0.4 is 11.2 Å². The van der Waals surface area contributed by atoms with Crippen molar-refractivity contribution in [1.29, 1.82) is 0 Å². The van der Waals surface area contributed by atoms with Crippen molar-refractivity contribution in [2.24, 2.45) is 5.73 Å². The van der Waals surface area contributed by atoms with E-state index in [1.54, 1.807) is 5.48 Å². The standard InChI is InChI=1S/C6H14N2O3.CH4/c7-4-2-1-3-5(8-11)6(9)10;/h5,8,11H,1-4,7H2,(H,9,10);1H4. The third kappa shape index (κ3) is 6.09. The SMILES string of the molecule is C.NCCCCC(NO)C(=O)O. The van der Waals surface area contributed by atoms with Crippen LogP contribution in [0.5, 0.6) is 0 Å². The Hall–Kier alpha value is -0.650. The number of rotatable bonds is 6. The van der Waals surface area contributed by atoms with E-state index >= 15 is 0 Å². The molecule has 0 aromatic carbocycles. The molecule has 0 aromatic rings. The molecule has 0 aliphatic carbocycles. The molecule has 0 amide bonds. The monoisotopic (exact) mass is 178 g/mol. The second-order valence-corrected chi connectivity index (χ2v) is 2.30. The van der Waals surface area contributed by atoms with E-state index in [-0.39, 0.29) is 7.43 Å². The summed E-state index contributed by atoms with van der Waals surface area (Å²) in [6.07, 6.45) is 1.90. The number of carboxylic acid groups (broad SMARTS) is 1. The number of aliphatic carboxylic acids is 1. The van der Waals surface area contributed by atoms with Gasteiger partial charge in [0, 0.05) is 0 Å². The lowest BCUT2D eigenvalue weighted by Gasteiger charge is -2.08. The van der Waals surface area contributed by atoms with Gasteiger partial charge in [-0.25, -0.2) is 0 Å². The molecule has 1 atom stereocenters. The van der Waals surface area contributed by atoms with Gasteiger partial charge in [-0.15, -0.1) is 0 Å². The smallest absolute Gasteiger partial charge is 0.323 e. The number of carbonyl (C=O) groups is 1. The molecule has 5 nitrogen and oxygen atoms in total. The van der Waals surface area contributed by atoms with Gasteiger partial charge in [0.2, 0.25) is 0 Å². The maximum Gasteiger partial charge on any atom is 0.323 e. The Morgan fingerprint density at radius 2 is 2.08 bits per heavy atom. The molecule has 0 saturated heterocycles. The Kier molecular flexibility index (Phi) is 9.79. The lowest BCUT2D eigenvalue weighted by atomic mass is 10.1. The highest BCUT2D eigenvalue weighted by atomic mass is 16.5. The maximum absolute atomic E-state index is 10.3. The number of carboxylic acids is 1. The van der Waals surface area contributed by atoms with Gasteiger partial charge in [0.1, 0.15) is 6.04 Å². The molecule has 0 saturated carbocycles. The number of nitrogens with one attached hydrogen (secondary N) is 1. The highest BCUT2D eigenvalue weighted by Gasteiger charge is 2.14. The van der Waals surface area contributed by atoms with Crippen molar-refractivity contribution in [3.05, 3.63) is 0 Å². The molecular formula is C7H18N2O3. The Labute approximate surface area is 72.5 Å². The first-order chi connectivity index (χ1) is 5.22. The first kappa shape index (κ1) is 13.9. The van der Waals surface area contributed by atoms with E-state index < -0.39 is 12.0 Å². The van der Waals surface area contributed by atoms with Crippen molar-refractivity contribution in [2.45, 2.75) is 32.7 Å². The molecule has 0 radical (unpaired) electrons. The fraction of sp³-hybridized carbons (Fsp3) is 0.857. The highest BCUT2D eigenvalue weighted by Crippen LogP contribution is 1.99. The van der Waals surface area contributed by atoms with Crippen molar-refractivity contribution in [3.63, 3.8) is 0 Å². The summed E-state index contributed by atoms with van der Waals surface area (Å²) in [5.41, 5.74) is 6.92. The second kappa shape index (κ2) is 8.45. The summed E-state index contributed by atoms with van der Waals surface area (Å²) < 4.78 is 0. The van der Waals surface area contributed by atoms with Gasteiger partial charge in [-0.3, -0.25) is 4.79 Å². The number of hydrogen-bond acceptors (Lipinski definition) is 4. The van der Waals surface area contributed by atoms with Crippen LogP contribution in [-0.4, -0.2) is 28.9 Å². The molecule has 74 valence electrons. The van der Waals surface area contributed by atoms with Gasteiger partial charge < -0.3 is 16.0 Å². The lowest BCUT2D eigenvalue weighted by Crippen LogP contribution is -2.34. The molecule has 0 aliphatic heterocycles. The molecule has 12 heavy (non-hydrogen) atoms. The largest absolute Gasteiger partial charge is 0.480 e. The lowest BCUT2D eigenvalue weighted by molar-refractivity contribution is -0.142. The number of unbranched alkanes of at least 4 members (excludes halogenated alkanes) is 1. The Morgan fingerprint density at radius 1 is 1.50 bits per heavy atom. The van der Waals surface area contributed by atoms with Crippen molar-refractivity contribution in [2.75, 3.05) is 6.54 Å². The van der Waals surface area contributed by atoms with Crippen molar-refractivity contribution in [1.82, 2.24) is 5.48 Å². The fourth-order valence-corrected chi connectivity index (χ4v) is 0.736. The average Bonchev–Trinajstić information content (AvgIpc) is 1.97. The van der Waals surface area contributed by atoms with Gasteiger partial charge in [0.05, 0.1) is 0 Å². The van der Waals surface area contributed by atoms with Gasteiger partial charge in [-0.05, 0) is 25.8 Å². The zero-order chi connectivity index (χ0) is 8.69. The second-order valence-electron chi connectivity index (χ2n) is 2.30. The average molecular weight is 178 g/mol. The summed E-state index contributed by atoms with van der Waals surface area (Å²) in [4.78, 5) is 10.3. The molecule has 5 N–H and O–H groups in total. The fourth-order valence-electron chi connectivity index (χ4n) is 0.736. The van der Waals surface area contributed by atoms with E-state index in [0.29, 0.717) is 19.4 Å². The van der Waals surface area contributed by atoms with Crippen LogP contribution in [0.3, 0.4) is 0 Å². The first-order valence-corrected chi connectivity index (χ1v) is 3.55. The summed E-state index contributed by atoms with van der Waals surface area (Å²) >= 11 is 0. The molecule has 0 bridgehead atoms. The molecule has 0 aliphatic rings. The number of hydroxylamine groups is 1.